The summed E-state index contributed by atoms with van der Waals surface area (Å²) >= 11 is 0.989. The van der Waals surface area contributed by atoms with Gasteiger partial charge in [-0.15, -0.1) is 35.3 Å². The van der Waals surface area contributed by atoms with Gasteiger partial charge in [-0.25, -0.2) is 4.98 Å². The maximum absolute atomic E-state index is 12.6. The normalized spacial score (nSPS) is 17.8. The largest absolute Gasteiger partial charge is 0.434 e. The Hall–Kier alpha value is -1.40. The summed E-state index contributed by atoms with van der Waals surface area (Å²) in [5, 5.41) is 7.74. The second-order valence-corrected chi connectivity index (χ2v) is 7.63. The molecule has 3 rings (SSSR count). The first kappa shape index (κ1) is 23.9. The molecule has 1 unspecified atom stereocenters. The molecule has 5 nitrogen and oxygen atoms in total. The fourth-order valence-corrected chi connectivity index (χ4v) is 4.01. The van der Waals surface area contributed by atoms with Gasteiger partial charge in [0.15, 0.2) is 11.7 Å². The van der Waals surface area contributed by atoms with Crippen LogP contribution in [0, 0.1) is 0 Å². The molecule has 1 aromatic carbocycles. The number of guanidine groups is 1. The molecule has 160 valence electrons. The second kappa shape index (κ2) is 11.1. The maximum atomic E-state index is 12.6. The van der Waals surface area contributed by atoms with Crippen LogP contribution in [0.2, 0.25) is 0 Å². The van der Waals surface area contributed by atoms with Crippen LogP contribution in [0.4, 0.5) is 13.2 Å². The average molecular weight is 539 g/mol. The van der Waals surface area contributed by atoms with Crippen LogP contribution in [0.25, 0.3) is 0 Å². The standard InChI is InChI=1S/C19H24F3N5S.HI/c1-23-18(25-11-17-26-16(13-28-17)19(20,21)22)24-10-15-8-5-9-27(15)12-14-6-3-2-4-7-14;/h2-4,6-7,13,15H,5,8-12H2,1H3,(H2,23,24,25);1H. The number of benzene rings is 1. The monoisotopic (exact) mass is 539 g/mol. The zero-order valence-corrected chi connectivity index (χ0v) is 19.2. The first-order valence-corrected chi connectivity index (χ1v) is 10.1. The Balaban J connectivity index is 0.00000300. The Kier molecular flexibility index (Phi) is 9.15. The van der Waals surface area contributed by atoms with E-state index in [0.29, 0.717) is 17.0 Å². The van der Waals surface area contributed by atoms with Gasteiger partial charge in [0.05, 0.1) is 6.54 Å². The fraction of sp³-hybridized carbons (Fsp3) is 0.474. The highest BCUT2D eigenvalue weighted by Gasteiger charge is 2.33. The number of aromatic nitrogens is 1. The summed E-state index contributed by atoms with van der Waals surface area (Å²) in [5.74, 6) is 0.565. The summed E-state index contributed by atoms with van der Waals surface area (Å²) in [4.78, 5) is 10.2. The van der Waals surface area contributed by atoms with Crippen LogP contribution in [0.1, 0.15) is 29.1 Å². The number of rotatable bonds is 6. The van der Waals surface area contributed by atoms with Gasteiger partial charge >= 0.3 is 6.18 Å². The van der Waals surface area contributed by atoms with Crippen LogP contribution in [-0.4, -0.2) is 42.0 Å². The minimum atomic E-state index is -4.40. The number of hydrogen-bond acceptors (Lipinski definition) is 4. The summed E-state index contributed by atoms with van der Waals surface area (Å²) in [5.41, 5.74) is 0.445. The van der Waals surface area contributed by atoms with Gasteiger partial charge in [0.2, 0.25) is 0 Å². The van der Waals surface area contributed by atoms with Crippen molar-refractivity contribution in [1.29, 1.82) is 0 Å². The molecular weight excluding hydrogens is 514 g/mol. The zero-order valence-electron chi connectivity index (χ0n) is 16.1. The van der Waals surface area contributed by atoms with Crippen molar-refractivity contribution >= 4 is 41.3 Å². The van der Waals surface area contributed by atoms with E-state index in [1.54, 1.807) is 7.05 Å². The van der Waals surface area contributed by atoms with Gasteiger partial charge in [0, 0.05) is 31.6 Å². The molecule has 0 aliphatic carbocycles. The van der Waals surface area contributed by atoms with Crippen molar-refractivity contribution in [3.05, 3.63) is 52.0 Å². The van der Waals surface area contributed by atoms with E-state index in [1.165, 1.54) is 5.56 Å². The summed E-state index contributed by atoms with van der Waals surface area (Å²) in [6.45, 7) is 2.92. The maximum Gasteiger partial charge on any atom is 0.434 e. The van der Waals surface area contributed by atoms with Crippen molar-refractivity contribution in [3.63, 3.8) is 0 Å². The van der Waals surface area contributed by atoms with Gasteiger partial charge in [-0.05, 0) is 24.9 Å². The molecule has 2 heterocycles. The molecule has 1 aliphatic heterocycles. The highest BCUT2D eigenvalue weighted by molar-refractivity contribution is 14.0. The number of alkyl halides is 3. The lowest BCUT2D eigenvalue weighted by Gasteiger charge is -2.25. The third-order valence-corrected chi connectivity index (χ3v) is 5.55. The van der Waals surface area contributed by atoms with Crippen molar-refractivity contribution in [2.45, 2.75) is 38.1 Å². The number of nitrogens with zero attached hydrogens (tertiary/aromatic N) is 3. The van der Waals surface area contributed by atoms with Crippen LogP contribution in [0.5, 0.6) is 0 Å². The van der Waals surface area contributed by atoms with E-state index in [9.17, 15) is 13.2 Å². The third-order valence-electron chi connectivity index (χ3n) is 4.71. The average Bonchev–Trinajstić information content (AvgIpc) is 3.32. The Labute approximate surface area is 189 Å². The Morgan fingerprint density at radius 2 is 2.03 bits per heavy atom. The molecule has 0 radical (unpaired) electrons. The molecule has 1 aromatic heterocycles. The lowest BCUT2D eigenvalue weighted by Crippen LogP contribution is -2.44. The number of thiazole rings is 1. The molecule has 1 saturated heterocycles. The van der Waals surface area contributed by atoms with E-state index >= 15 is 0 Å². The molecule has 10 heteroatoms. The summed E-state index contributed by atoms with van der Waals surface area (Å²) < 4.78 is 37.9. The smallest absolute Gasteiger partial charge is 0.355 e. The molecule has 0 spiro atoms. The molecule has 0 amide bonds. The quantitative estimate of drug-likeness (QED) is 0.330. The van der Waals surface area contributed by atoms with Gasteiger partial charge in [-0.2, -0.15) is 13.2 Å². The third kappa shape index (κ3) is 7.10. The van der Waals surface area contributed by atoms with Crippen molar-refractivity contribution in [2.75, 3.05) is 20.1 Å². The van der Waals surface area contributed by atoms with E-state index in [0.717, 1.165) is 49.2 Å². The Morgan fingerprint density at radius 3 is 2.69 bits per heavy atom. The number of halogens is 4. The molecular formula is C19H25F3IN5S. The molecule has 1 aliphatic rings. The van der Waals surface area contributed by atoms with Crippen molar-refractivity contribution < 1.29 is 13.2 Å². The molecule has 0 saturated carbocycles. The molecule has 29 heavy (non-hydrogen) atoms. The van der Waals surface area contributed by atoms with Gasteiger partial charge in [0.25, 0.3) is 0 Å². The lowest BCUT2D eigenvalue weighted by molar-refractivity contribution is -0.140. The van der Waals surface area contributed by atoms with Gasteiger partial charge < -0.3 is 10.6 Å². The van der Waals surface area contributed by atoms with Crippen molar-refractivity contribution in [3.8, 4) is 0 Å². The number of likely N-dealkylation sites (tertiary alicyclic amines) is 1. The van der Waals surface area contributed by atoms with Crippen molar-refractivity contribution in [1.82, 2.24) is 20.5 Å². The number of nitrogens with one attached hydrogen (secondary N) is 2. The number of aliphatic imine (C=N–C) groups is 1. The minimum absolute atomic E-state index is 0. The van der Waals surface area contributed by atoms with Crippen LogP contribution >= 0.6 is 35.3 Å². The summed E-state index contributed by atoms with van der Waals surface area (Å²) in [6, 6.07) is 10.8. The fourth-order valence-electron chi connectivity index (χ4n) is 3.27. The summed E-state index contributed by atoms with van der Waals surface area (Å²) in [7, 11) is 1.65. The zero-order chi connectivity index (χ0) is 20.0. The molecule has 1 atom stereocenters. The van der Waals surface area contributed by atoms with E-state index in [1.807, 2.05) is 18.2 Å². The van der Waals surface area contributed by atoms with Gasteiger partial charge in [-0.1, -0.05) is 30.3 Å². The lowest BCUT2D eigenvalue weighted by atomic mass is 10.2. The Bertz CT molecular complexity index is 782. The van der Waals surface area contributed by atoms with Crippen LogP contribution < -0.4 is 10.6 Å². The second-order valence-electron chi connectivity index (χ2n) is 6.68. The molecule has 2 N–H and O–H groups in total. The number of hydrogen-bond donors (Lipinski definition) is 2. The van der Waals surface area contributed by atoms with Gasteiger partial charge in [-0.3, -0.25) is 9.89 Å². The van der Waals surface area contributed by atoms with Crippen molar-refractivity contribution in [2.24, 2.45) is 4.99 Å². The SMILES string of the molecule is CN=C(NCc1nc(C(F)(F)F)cs1)NCC1CCCN1Cc1ccccc1.I. The van der Waals surface area contributed by atoms with E-state index < -0.39 is 11.9 Å². The minimum Gasteiger partial charge on any atom is -0.355 e. The Morgan fingerprint density at radius 1 is 1.28 bits per heavy atom. The highest BCUT2D eigenvalue weighted by Crippen LogP contribution is 2.29. The summed E-state index contributed by atoms with van der Waals surface area (Å²) in [6.07, 6.45) is -2.14. The first-order chi connectivity index (χ1) is 13.5. The van der Waals surface area contributed by atoms with Crippen LogP contribution in [0.15, 0.2) is 40.7 Å². The first-order valence-electron chi connectivity index (χ1n) is 9.20. The van der Waals surface area contributed by atoms with Crippen LogP contribution in [-0.2, 0) is 19.3 Å². The van der Waals surface area contributed by atoms with E-state index in [4.69, 9.17) is 0 Å². The molecule has 1 fully saturated rings. The predicted octanol–water partition coefficient (Wildman–Crippen LogP) is 4.11. The van der Waals surface area contributed by atoms with E-state index in [2.05, 4.69) is 37.6 Å². The molecule has 0 bridgehead atoms. The van der Waals surface area contributed by atoms with E-state index in [-0.39, 0.29) is 30.5 Å². The highest BCUT2D eigenvalue weighted by atomic mass is 127. The van der Waals surface area contributed by atoms with Gasteiger partial charge in [0.1, 0.15) is 5.01 Å². The van der Waals surface area contributed by atoms with Crippen LogP contribution in [0.3, 0.4) is 0 Å². The topological polar surface area (TPSA) is 52.6 Å². The predicted molar refractivity (Wildman–Crippen MR) is 121 cm³/mol. The molecule has 2 aromatic rings.